The first-order valence-electron chi connectivity index (χ1n) is 8.02. The highest BCUT2D eigenvalue weighted by Gasteiger charge is 2.38. The molecule has 0 heterocycles. The maximum absolute atomic E-state index is 5.97. The predicted molar refractivity (Wildman–Crippen MR) is 88.3 cm³/mol. The van der Waals surface area contributed by atoms with E-state index in [4.69, 9.17) is 10.6 Å². The van der Waals surface area contributed by atoms with Crippen molar-refractivity contribution >= 4 is 0 Å². The van der Waals surface area contributed by atoms with Crippen LogP contribution in [-0.2, 0) is 0 Å². The Morgan fingerprint density at radius 3 is 2.52 bits per heavy atom. The molecule has 0 amide bonds. The normalized spacial score (nSPS) is 22.9. The highest BCUT2D eigenvalue weighted by Crippen LogP contribution is 2.47. The molecule has 0 spiro atoms. The van der Waals surface area contributed by atoms with E-state index in [1.165, 1.54) is 42.4 Å². The smallest absolute Gasteiger partial charge is 0.122 e. The molecule has 1 saturated carbocycles. The maximum atomic E-state index is 5.97. The fourth-order valence-corrected chi connectivity index (χ4v) is 3.93. The Balaban J connectivity index is 2.39. The molecule has 118 valence electrons. The topological polar surface area (TPSA) is 47.3 Å². The first kappa shape index (κ1) is 16.3. The summed E-state index contributed by atoms with van der Waals surface area (Å²) in [4.78, 5) is 0. The lowest BCUT2D eigenvalue weighted by Gasteiger charge is -2.43. The van der Waals surface area contributed by atoms with Crippen LogP contribution in [0.5, 0.6) is 5.75 Å². The van der Waals surface area contributed by atoms with Crippen molar-refractivity contribution in [3.8, 4) is 5.75 Å². The summed E-state index contributed by atoms with van der Waals surface area (Å²) >= 11 is 0. The molecule has 2 rings (SSSR count). The molecule has 1 aromatic rings. The first-order chi connectivity index (χ1) is 9.90. The predicted octanol–water partition coefficient (Wildman–Crippen LogP) is 4.03. The minimum atomic E-state index is 0.213. The average molecular weight is 290 g/mol. The molecule has 1 aromatic carbocycles. The number of rotatable bonds is 4. The molecule has 0 radical (unpaired) electrons. The van der Waals surface area contributed by atoms with E-state index in [-0.39, 0.29) is 6.04 Å². The summed E-state index contributed by atoms with van der Waals surface area (Å²) in [7, 11) is 1.73. The van der Waals surface area contributed by atoms with E-state index in [2.05, 4.69) is 45.3 Å². The Morgan fingerprint density at radius 1 is 1.24 bits per heavy atom. The molecule has 2 atom stereocenters. The molecule has 3 heteroatoms. The van der Waals surface area contributed by atoms with Crippen molar-refractivity contribution in [2.24, 2.45) is 17.2 Å². The van der Waals surface area contributed by atoms with E-state index in [0.717, 1.165) is 5.75 Å². The Morgan fingerprint density at radius 2 is 1.95 bits per heavy atom. The summed E-state index contributed by atoms with van der Waals surface area (Å²) in [5, 5.41) is 0. The summed E-state index contributed by atoms with van der Waals surface area (Å²) in [6, 6.07) is 4.58. The lowest BCUT2D eigenvalue weighted by molar-refractivity contribution is 0.0980. The Hall–Kier alpha value is -1.06. The van der Waals surface area contributed by atoms with Gasteiger partial charge >= 0.3 is 0 Å². The highest BCUT2D eigenvalue weighted by atomic mass is 16.5. The number of hydrogen-bond donors (Lipinski definition) is 2. The summed E-state index contributed by atoms with van der Waals surface area (Å²) in [5.41, 5.74) is 7.18. The van der Waals surface area contributed by atoms with E-state index in [1.807, 2.05) is 0 Å². The fourth-order valence-electron chi connectivity index (χ4n) is 3.93. The van der Waals surface area contributed by atoms with Crippen molar-refractivity contribution in [3.63, 3.8) is 0 Å². The van der Waals surface area contributed by atoms with Gasteiger partial charge in [-0.2, -0.15) is 0 Å². The maximum Gasteiger partial charge on any atom is 0.122 e. The molecule has 0 saturated heterocycles. The summed E-state index contributed by atoms with van der Waals surface area (Å²) in [6.07, 6.45) is 5.16. The van der Waals surface area contributed by atoms with Crippen molar-refractivity contribution in [2.75, 3.05) is 7.11 Å². The van der Waals surface area contributed by atoms with Crippen molar-refractivity contribution in [3.05, 3.63) is 28.8 Å². The summed E-state index contributed by atoms with van der Waals surface area (Å²) < 4.78 is 5.43. The highest BCUT2D eigenvalue weighted by molar-refractivity contribution is 5.43. The Kier molecular flexibility index (Phi) is 4.95. The summed E-state index contributed by atoms with van der Waals surface area (Å²) in [6.45, 7) is 9.01. The zero-order valence-corrected chi connectivity index (χ0v) is 14.1. The van der Waals surface area contributed by atoms with Gasteiger partial charge in [-0.3, -0.25) is 11.3 Å². The third kappa shape index (κ3) is 3.24. The van der Waals surface area contributed by atoms with Gasteiger partial charge in [0.1, 0.15) is 5.75 Å². The van der Waals surface area contributed by atoms with Gasteiger partial charge in [-0.1, -0.05) is 32.8 Å². The van der Waals surface area contributed by atoms with Crippen LogP contribution in [0, 0.1) is 25.2 Å². The van der Waals surface area contributed by atoms with E-state index in [1.54, 1.807) is 7.11 Å². The zero-order valence-electron chi connectivity index (χ0n) is 14.1. The molecule has 21 heavy (non-hydrogen) atoms. The lowest BCUT2D eigenvalue weighted by atomic mass is 9.64. The SMILES string of the molecule is COc1cc(C)c(C(NN)C2CCCCC2(C)C)cc1C. The third-order valence-corrected chi connectivity index (χ3v) is 5.29. The number of ether oxygens (including phenoxy) is 1. The second kappa shape index (κ2) is 6.37. The molecular formula is C18H30N2O. The molecular weight excluding hydrogens is 260 g/mol. The largest absolute Gasteiger partial charge is 0.496 e. The van der Waals surface area contributed by atoms with E-state index < -0.39 is 0 Å². The minimum Gasteiger partial charge on any atom is -0.496 e. The van der Waals surface area contributed by atoms with Gasteiger partial charge < -0.3 is 4.74 Å². The van der Waals surface area contributed by atoms with Crippen LogP contribution in [-0.4, -0.2) is 7.11 Å². The van der Waals surface area contributed by atoms with E-state index >= 15 is 0 Å². The number of nitrogens with two attached hydrogens (primary N) is 1. The fraction of sp³-hybridized carbons (Fsp3) is 0.667. The van der Waals surface area contributed by atoms with Crippen LogP contribution in [0.2, 0.25) is 0 Å². The van der Waals surface area contributed by atoms with Crippen molar-refractivity contribution in [1.82, 2.24) is 5.43 Å². The number of hydrogen-bond acceptors (Lipinski definition) is 3. The lowest BCUT2D eigenvalue weighted by Crippen LogP contribution is -2.42. The molecule has 0 bridgehead atoms. The molecule has 3 N–H and O–H groups in total. The van der Waals surface area contributed by atoms with Gasteiger partial charge in [0.2, 0.25) is 0 Å². The van der Waals surface area contributed by atoms with Gasteiger partial charge in [0, 0.05) is 6.04 Å². The monoisotopic (exact) mass is 290 g/mol. The van der Waals surface area contributed by atoms with Crippen molar-refractivity contribution < 1.29 is 4.74 Å². The number of methoxy groups -OCH3 is 1. The second-order valence-electron chi connectivity index (χ2n) is 7.16. The van der Waals surface area contributed by atoms with Crippen LogP contribution in [0.15, 0.2) is 12.1 Å². The van der Waals surface area contributed by atoms with E-state index in [0.29, 0.717) is 11.3 Å². The van der Waals surface area contributed by atoms with Crippen LogP contribution in [0.1, 0.15) is 62.3 Å². The molecule has 1 aliphatic rings. The van der Waals surface area contributed by atoms with E-state index in [9.17, 15) is 0 Å². The number of benzene rings is 1. The molecule has 3 nitrogen and oxygen atoms in total. The number of nitrogens with one attached hydrogen (secondary N) is 1. The second-order valence-corrected chi connectivity index (χ2v) is 7.16. The molecule has 1 fully saturated rings. The number of aryl methyl sites for hydroxylation is 2. The third-order valence-electron chi connectivity index (χ3n) is 5.29. The van der Waals surface area contributed by atoms with Crippen molar-refractivity contribution in [2.45, 2.75) is 59.4 Å². The van der Waals surface area contributed by atoms with Crippen LogP contribution >= 0.6 is 0 Å². The molecule has 0 aliphatic heterocycles. The average Bonchev–Trinajstić information content (AvgIpc) is 2.44. The molecule has 0 aromatic heterocycles. The summed E-state index contributed by atoms with van der Waals surface area (Å²) in [5.74, 6) is 7.49. The Labute approximate surface area is 129 Å². The standard InChI is InChI=1S/C18H30N2O/c1-12-11-16(21-5)13(2)10-14(12)17(20-19)15-8-6-7-9-18(15,3)4/h10-11,15,17,20H,6-9,19H2,1-5H3. The quantitative estimate of drug-likeness (QED) is 0.650. The minimum absolute atomic E-state index is 0.213. The van der Waals surface area contributed by atoms with Gasteiger partial charge in [-0.25, -0.2) is 0 Å². The van der Waals surface area contributed by atoms with Crippen LogP contribution in [0.4, 0.5) is 0 Å². The van der Waals surface area contributed by atoms with Crippen molar-refractivity contribution in [1.29, 1.82) is 0 Å². The van der Waals surface area contributed by atoms with Gasteiger partial charge in [-0.15, -0.1) is 0 Å². The zero-order chi connectivity index (χ0) is 15.6. The van der Waals surface area contributed by atoms with Gasteiger partial charge in [0.15, 0.2) is 0 Å². The Bertz CT molecular complexity index is 496. The van der Waals surface area contributed by atoms with Crippen LogP contribution in [0.25, 0.3) is 0 Å². The first-order valence-corrected chi connectivity index (χ1v) is 8.02. The molecule has 2 unspecified atom stereocenters. The van der Waals surface area contributed by atoms with Crippen LogP contribution < -0.4 is 16.0 Å². The number of hydrazine groups is 1. The van der Waals surface area contributed by atoms with Gasteiger partial charge in [-0.05, 0) is 60.8 Å². The van der Waals surface area contributed by atoms with Gasteiger partial charge in [0.25, 0.3) is 0 Å². The van der Waals surface area contributed by atoms with Crippen LogP contribution in [0.3, 0.4) is 0 Å². The van der Waals surface area contributed by atoms with Gasteiger partial charge in [0.05, 0.1) is 7.11 Å². The molecule has 1 aliphatic carbocycles.